The maximum absolute atomic E-state index is 10.1. The Kier molecular flexibility index (Phi) is 4.22. The van der Waals surface area contributed by atoms with Crippen molar-refractivity contribution in [1.29, 1.82) is 0 Å². The minimum atomic E-state index is -0.891. The van der Waals surface area contributed by atoms with Crippen molar-refractivity contribution in [2.24, 2.45) is 0 Å². The first kappa shape index (κ1) is 14.1. The molecule has 0 bridgehead atoms. The molecule has 6 heteroatoms. The Labute approximate surface area is 111 Å². The second-order valence-electron chi connectivity index (χ2n) is 4.85. The van der Waals surface area contributed by atoms with Gasteiger partial charge in [0.05, 0.1) is 11.9 Å². The highest BCUT2D eigenvalue weighted by Gasteiger charge is 2.55. The summed E-state index contributed by atoms with van der Waals surface area (Å²) in [5.74, 6) is 2.65. The zero-order valence-electron chi connectivity index (χ0n) is 10.4. The standard InChI is InChI=1S/C12H18O5S/c1-4-5-18-6-7(13)9-8(14)10-11(15-9)17-12(2,3)16-10/h1,7-11,13-14H,5-6H2,2-3H3/t7?,8-,9+,10+,11+/m0/s1. The number of hydrogen-bond donors (Lipinski definition) is 2. The number of fused-ring (bicyclic) bond motifs is 1. The highest BCUT2D eigenvalue weighted by Crippen LogP contribution is 2.38. The molecule has 0 amide bonds. The monoisotopic (exact) mass is 274 g/mol. The summed E-state index contributed by atoms with van der Waals surface area (Å²) in [6.07, 6.45) is 1.59. The number of ether oxygens (including phenoxy) is 3. The van der Waals surface area contributed by atoms with Crippen molar-refractivity contribution in [3.8, 4) is 12.3 Å². The summed E-state index contributed by atoms with van der Waals surface area (Å²) in [6.45, 7) is 3.52. The highest BCUT2D eigenvalue weighted by molar-refractivity contribution is 7.99. The Balaban J connectivity index is 1.89. The molecule has 0 saturated carbocycles. The van der Waals surface area contributed by atoms with Crippen LogP contribution in [0.3, 0.4) is 0 Å². The molecule has 0 radical (unpaired) electrons. The number of aliphatic hydroxyl groups is 2. The summed E-state index contributed by atoms with van der Waals surface area (Å²) in [4.78, 5) is 0. The van der Waals surface area contributed by atoms with Gasteiger partial charge in [0.15, 0.2) is 12.1 Å². The summed E-state index contributed by atoms with van der Waals surface area (Å²) < 4.78 is 16.6. The van der Waals surface area contributed by atoms with E-state index in [0.717, 1.165) is 0 Å². The van der Waals surface area contributed by atoms with Gasteiger partial charge in [0.25, 0.3) is 0 Å². The number of hydrogen-bond acceptors (Lipinski definition) is 6. The number of terminal acetylenes is 1. The van der Waals surface area contributed by atoms with Gasteiger partial charge in [0.1, 0.15) is 18.3 Å². The second-order valence-corrected chi connectivity index (χ2v) is 5.88. The van der Waals surface area contributed by atoms with Crippen molar-refractivity contribution in [2.45, 2.75) is 50.3 Å². The van der Waals surface area contributed by atoms with Crippen LogP contribution < -0.4 is 0 Å². The van der Waals surface area contributed by atoms with Crippen LogP contribution >= 0.6 is 11.8 Å². The lowest BCUT2D eigenvalue weighted by molar-refractivity contribution is -0.224. The molecular weight excluding hydrogens is 256 g/mol. The van der Waals surface area contributed by atoms with Crippen LogP contribution in [0.25, 0.3) is 0 Å². The van der Waals surface area contributed by atoms with Crippen LogP contribution in [0.15, 0.2) is 0 Å². The first-order chi connectivity index (χ1) is 8.44. The number of aliphatic hydroxyl groups excluding tert-OH is 2. The van der Waals surface area contributed by atoms with E-state index in [2.05, 4.69) is 5.92 Å². The van der Waals surface area contributed by atoms with E-state index in [4.69, 9.17) is 20.6 Å². The minimum absolute atomic E-state index is 0.411. The molecule has 2 aliphatic rings. The third-order valence-electron chi connectivity index (χ3n) is 2.91. The van der Waals surface area contributed by atoms with Gasteiger partial charge in [-0.1, -0.05) is 5.92 Å². The van der Waals surface area contributed by atoms with Crippen molar-refractivity contribution in [3.05, 3.63) is 0 Å². The van der Waals surface area contributed by atoms with Crippen molar-refractivity contribution in [1.82, 2.24) is 0 Å². The van der Waals surface area contributed by atoms with Gasteiger partial charge < -0.3 is 24.4 Å². The predicted octanol–water partition coefficient (Wildman–Crippen LogP) is -0.0490. The molecule has 2 fully saturated rings. The quantitative estimate of drug-likeness (QED) is 0.553. The van der Waals surface area contributed by atoms with Crippen LogP contribution in [-0.2, 0) is 14.2 Å². The zero-order valence-corrected chi connectivity index (χ0v) is 11.2. The lowest BCUT2D eigenvalue weighted by Crippen LogP contribution is -2.41. The van der Waals surface area contributed by atoms with E-state index in [1.165, 1.54) is 11.8 Å². The fourth-order valence-corrected chi connectivity index (χ4v) is 2.83. The topological polar surface area (TPSA) is 68.2 Å². The Morgan fingerprint density at radius 2 is 2.17 bits per heavy atom. The molecule has 2 N–H and O–H groups in total. The Bertz CT molecular complexity index is 340. The van der Waals surface area contributed by atoms with E-state index in [1.54, 1.807) is 13.8 Å². The lowest BCUT2D eigenvalue weighted by atomic mass is 10.1. The maximum Gasteiger partial charge on any atom is 0.190 e. The van der Waals surface area contributed by atoms with Crippen LogP contribution in [0.1, 0.15) is 13.8 Å². The molecule has 0 spiro atoms. The minimum Gasteiger partial charge on any atom is -0.389 e. The first-order valence-electron chi connectivity index (χ1n) is 5.83. The normalized spacial score (nSPS) is 39.3. The molecule has 0 aromatic rings. The van der Waals surface area contributed by atoms with Crippen LogP contribution in [0, 0.1) is 12.3 Å². The molecule has 5 nitrogen and oxygen atoms in total. The van der Waals surface area contributed by atoms with Crippen molar-refractivity contribution in [2.75, 3.05) is 11.5 Å². The third-order valence-corrected chi connectivity index (χ3v) is 3.85. The third kappa shape index (κ3) is 2.82. The van der Waals surface area contributed by atoms with Gasteiger partial charge in [-0.05, 0) is 13.8 Å². The largest absolute Gasteiger partial charge is 0.389 e. The Morgan fingerprint density at radius 1 is 1.44 bits per heavy atom. The van der Waals surface area contributed by atoms with Crippen molar-refractivity contribution < 1.29 is 24.4 Å². The first-order valence-corrected chi connectivity index (χ1v) is 6.98. The Morgan fingerprint density at radius 3 is 2.78 bits per heavy atom. The van der Waals surface area contributed by atoms with Crippen LogP contribution in [0.4, 0.5) is 0 Å². The molecule has 0 aromatic carbocycles. The molecular formula is C12H18O5S. The molecule has 2 aliphatic heterocycles. The molecule has 2 heterocycles. The van der Waals surface area contributed by atoms with Gasteiger partial charge in [0, 0.05) is 5.75 Å². The van der Waals surface area contributed by atoms with E-state index in [9.17, 15) is 10.2 Å². The average molecular weight is 274 g/mol. The number of rotatable bonds is 4. The summed E-state index contributed by atoms with van der Waals surface area (Å²) in [5, 5.41) is 20.0. The summed E-state index contributed by atoms with van der Waals surface area (Å²) in [5.41, 5.74) is 0. The molecule has 2 saturated heterocycles. The van der Waals surface area contributed by atoms with Gasteiger partial charge in [-0.15, -0.1) is 18.2 Å². The fourth-order valence-electron chi connectivity index (χ4n) is 2.17. The summed E-state index contributed by atoms with van der Waals surface area (Å²) in [7, 11) is 0. The smallest absolute Gasteiger partial charge is 0.190 e. The molecule has 5 atom stereocenters. The molecule has 102 valence electrons. The maximum atomic E-state index is 10.1. The van der Waals surface area contributed by atoms with Crippen LogP contribution in [0.5, 0.6) is 0 Å². The summed E-state index contributed by atoms with van der Waals surface area (Å²) in [6, 6.07) is 0. The van der Waals surface area contributed by atoms with Gasteiger partial charge in [-0.3, -0.25) is 0 Å². The van der Waals surface area contributed by atoms with E-state index < -0.39 is 36.5 Å². The molecule has 0 aromatic heterocycles. The number of thioether (sulfide) groups is 1. The second kappa shape index (κ2) is 5.37. The fraction of sp³-hybridized carbons (Fsp3) is 0.833. The van der Waals surface area contributed by atoms with Crippen LogP contribution in [0.2, 0.25) is 0 Å². The molecule has 18 heavy (non-hydrogen) atoms. The Hall–Kier alpha value is -0.290. The van der Waals surface area contributed by atoms with Crippen molar-refractivity contribution >= 4 is 11.8 Å². The van der Waals surface area contributed by atoms with Gasteiger partial charge in [-0.2, -0.15) is 0 Å². The SMILES string of the molecule is C#CCSCC(O)[C@H]1O[C@@H]2OC(C)(C)O[C@@H]2[C@H]1O. The zero-order chi connectivity index (χ0) is 13.3. The van der Waals surface area contributed by atoms with E-state index in [-0.39, 0.29) is 0 Å². The van der Waals surface area contributed by atoms with Gasteiger partial charge in [0.2, 0.25) is 0 Å². The van der Waals surface area contributed by atoms with E-state index in [0.29, 0.717) is 11.5 Å². The lowest BCUT2D eigenvalue weighted by Gasteiger charge is -2.25. The molecule has 2 rings (SSSR count). The van der Waals surface area contributed by atoms with E-state index >= 15 is 0 Å². The summed E-state index contributed by atoms with van der Waals surface area (Å²) >= 11 is 1.42. The van der Waals surface area contributed by atoms with Crippen LogP contribution in [-0.4, -0.2) is 58.2 Å². The van der Waals surface area contributed by atoms with Gasteiger partial charge >= 0.3 is 0 Å². The van der Waals surface area contributed by atoms with Gasteiger partial charge in [-0.25, -0.2) is 0 Å². The van der Waals surface area contributed by atoms with Crippen molar-refractivity contribution in [3.63, 3.8) is 0 Å². The average Bonchev–Trinajstić information content (AvgIpc) is 2.74. The molecule has 0 aliphatic carbocycles. The predicted molar refractivity (Wildman–Crippen MR) is 66.9 cm³/mol. The highest BCUT2D eigenvalue weighted by atomic mass is 32.2. The van der Waals surface area contributed by atoms with E-state index in [1.807, 2.05) is 0 Å². The molecule has 1 unspecified atom stereocenters.